The van der Waals surface area contributed by atoms with E-state index in [0.717, 1.165) is 25.8 Å². The Morgan fingerprint density at radius 1 is 1.53 bits per heavy atom. The molecule has 0 radical (unpaired) electrons. The first-order chi connectivity index (χ1) is 7.15. The molecule has 0 spiro atoms. The number of carboxylic acid groups (broad SMARTS) is 1. The van der Waals surface area contributed by atoms with Gasteiger partial charge < -0.3 is 15.3 Å². The molecular weight excluding hydrogens is 196 g/mol. The summed E-state index contributed by atoms with van der Waals surface area (Å²) in [4.78, 5) is 23.9. The third kappa shape index (κ3) is 3.51. The zero-order valence-corrected chi connectivity index (χ0v) is 9.03. The summed E-state index contributed by atoms with van der Waals surface area (Å²) in [7, 11) is 0. The minimum absolute atomic E-state index is 0.0725. The van der Waals surface area contributed by atoms with E-state index in [9.17, 15) is 9.59 Å². The summed E-state index contributed by atoms with van der Waals surface area (Å²) in [5.41, 5.74) is 0. The molecule has 0 aromatic rings. The number of aliphatic carboxylic acids is 1. The molecule has 5 heteroatoms. The predicted octanol–water partition coefficient (Wildman–Crippen LogP) is 0.0616. The SMILES string of the molecule is CCCN(CC(=O)O)C(=O)[C@@H]1CCCN1. The van der Waals surface area contributed by atoms with Crippen LogP contribution in [0.2, 0.25) is 0 Å². The smallest absolute Gasteiger partial charge is 0.323 e. The first-order valence-corrected chi connectivity index (χ1v) is 5.39. The summed E-state index contributed by atoms with van der Waals surface area (Å²) in [6.45, 7) is 3.11. The molecule has 1 aliphatic rings. The lowest BCUT2D eigenvalue weighted by Crippen LogP contribution is -2.46. The van der Waals surface area contributed by atoms with Crippen LogP contribution in [0, 0.1) is 0 Å². The number of carbonyl (C=O) groups is 2. The molecule has 1 rings (SSSR count). The van der Waals surface area contributed by atoms with E-state index in [1.54, 1.807) is 0 Å². The van der Waals surface area contributed by atoms with E-state index in [1.165, 1.54) is 4.90 Å². The third-order valence-corrected chi connectivity index (χ3v) is 2.49. The molecule has 0 aromatic heterocycles. The number of hydrogen-bond acceptors (Lipinski definition) is 3. The van der Waals surface area contributed by atoms with Crippen LogP contribution in [0.3, 0.4) is 0 Å². The molecule has 2 N–H and O–H groups in total. The van der Waals surface area contributed by atoms with E-state index >= 15 is 0 Å². The van der Waals surface area contributed by atoms with Gasteiger partial charge in [-0.25, -0.2) is 0 Å². The Morgan fingerprint density at radius 3 is 2.73 bits per heavy atom. The molecule has 0 aliphatic carbocycles. The number of amides is 1. The van der Waals surface area contributed by atoms with Gasteiger partial charge in [-0.2, -0.15) is 0 Å². The Balaban J connectivity index is 2.52. The van der Waals surface area contributed by atoms with Gasteiger partial charge in [-0.3, -0.25) is 9.59 Å². The second kappa shape index (κ2) is 5.70. The zero-order chi connectivity index (χ0) is 11.3. The third-order valence-electron chi connectivity index (χ3n) is 2.49. The zero-order valence-electron chi connectivity index (χ0n) is 9.03. The number of rotatable bonds is 5. The summed E-state index contributed by atoms with van der Waals surface area (Å²) < 4.78 is 0. The summed E-state index contributed by atoms with van der Waals surface area (Å²) in [5, 5.41) is 11.8. The fourth-order valence-electron chi connectivity index (χ4n) is 1.82. The second-order valence-corrected chi connectivity index (χ2v) is 3.80. The molecular formula is C10H18N2O3. The summed E-state index contributed by atoms with van der Waals surface area (Å²) in [6, 6.07) is -0.170. The second-order valence-electron chi connectivity index (χ2n) is 3.80. The van der Waals surface area contributed by atoms with E-state index < -0.39 is 5.97 Å². The van der Waals surface area contributed by atoms with E-state index in [1.807, 2.05) is 6.92 Å². The number of nitrogens with zero attached hydrogens (tertiary/aromatic N) is 1. The van der Waals surface area contributed by atoms with Crippen molar-refractivity contribution in [3.05, 3.63) is 0 Å². The van der Waals surface area contributed by atoms with Crippen molar-refractivity contribution >= 4 is 11.9 Å². The predicted molar refractivity (Wildman–Crippen MR) is 55.5 cm³/mol. The van der Waals surface area contributed by atoms with Crippen molar-refractivity contribution in [2.45, 2.75) is 32.2 Å². The van der Waals surface area contributed by atoms with Crippen LogP contribution in [0.15, 0.2) is 0 Å². The summed E-state index contributed by atoms with van der Waals surface area (Å²) in [6.07, 6.45) is 2.59. The molecule has 86 valence electrons. The van der Waals surface area contributed by atoms with Crippen molar-refractivity contribution in [2.75, 3.05) is 19.6 Å². The lowest BCUT2D eigenvalue weighted by Gasteiger charge is -2.23. The van der Waals surface area contributed by atoms with Crippen molar-refractivity contribution in [2.24, 2.45) is 0 Å². The first-order valence-electron chi connectivity index (χ1n) is 5.39. The minimum atomic E-state index is -0.949. The monoisotopic (exact) mass is 214 g/mol. The fourth-order valence-corrected chi connectivity index (χ4v) is 1.82. The lowest BCUT2D eigenvalue weighted by atomic mass is 10.2. The van der Waals surface area contributed by atoms with Crippen LogP contribution < -0.4 is 5.32 Å². The van der Waals surface area contributed by atoms with E-state index in [0.29, 0.717) is 6.54 Å². The van der Waals surface area contributed by atoms with Crippen molar-refractivity contribution < 1.29 is 14.7 Å². The summed E-state index contributed by atoms with van der Waals surface area (Å²) >= 11 is 0. The van der Waals surface area contributed by atoms with Gasteiger partial charge in [0.15, 0.2) is 0 Å². The van der Waals surface area contributed by atoms with Crippen molar-refractivity contribution in [3.63, 3.8) is 0 Å². The molecule has 1 amide bonds. The van der Waals surface area contributed by atoms with Gasteiger partial charge in [0, 0.05) is 6.54 Å². The number of carboxylic acids is 1. The van der Waals surface area contributed by atoms with E-state index in [2.05, 4.69) is 5.32 Å². The maximum atomic E-state index is 11.9. The lowest BCUT2D eigenvalue weighted by molar-refractivity contribution is -0.145. The molecule has 1 atom stereocenters. The van der Waals surface area contributed by atoms with Gasteiger partial charge in [0.2, 0.25) is 5.91 Å². The number of hydrogen-bond donors (Lipinski definition) is 2. The molecule has 0 aromatic carbocycles. The van der Waals surface area contributed by atoms with Crippen molar-refractivity contribution in [1.29, 1.82) is 0 Å². The fraction of sp³-hybridized carbons (Fsp3) is 0.800. The topological polar surface area (TPSA) is 69.6 Å². The largest absolute Gasteiger partial charge is 0.480 e. The maximum absolute atomic E-state index is 11.9. The van der Waals surface area contributed by atoms with Crippen LogP contribution in [0.25, 0.3) is 0 Å². The Hall–Kier alpha value is -1.10. The van der Waals surface area contributed by atoms with Crippen LogP contribution in [0.5, 0.6) is 0 Å². The van der Waals surface area contributed by atoms with Gasteiger partial charge in [-0.05, 0) is 25.8 Å². The average molecular weight is 214 g/mol. The van der Waals surface area contributed by atoms with Crippen molar-refractivity contribution in [3.8, 4) is 0 Å². The normalized spacial score (nSPS) is 20.2. The summed E-state index contributed by atoms with van der Waals surface area (Å²) in [5.74, 6) is -1.02. The molecule has 15 heavy (non-hydrogen) atoms. The van der Waals surface area contributed by atoms with Gasteiger partial charge in [0.25, 0.3) is 0 Å². The average Bonchev–Trinajstić information content (AvgIpc) is 2.68. The van der Waals surface area contributed by atoms with Crippen molar-refractivity contribution in [1.82, 2.24) is 10.2 Å². The highest BCUT2D eigenvalue weighted by molar-refractivity contribution is 5.85. The highest BCUT2D eigenvalue weighted by atomic mass is 16.4. The molecule has 0 unspecified atom stereocenters. The Kier molecular flexibility index (Phi) is 4.55. The first kappa shape index (κ1) is 12.0. The standard InChI is InChI=1S/C10H18N2O3/c1-2-6-12(7-9(13)14)10(15)8-4-3-5-11-8/h8,11H,2-7H2,1H3,(H,13,14)/t8-/m0/s1. The van der Waals surface area contributed by atoms with Crippen LogP contribution in [0.4, 0.5) is 0 Å². The molecule has 0 bridgehead atoms. The molecule has 1 saturated heterocycles. The van der Waals surface area contributed by atoms with Gasteiger partial charge in [-0.1, -0.05) is 6.92 Å². The molecule has 5 nitrogen and oxygen atoms in total. The highest BCUT2D eigenvalue weighted by Crippen LogP contribution is 2.08. The van der Waals surface area contributed by atoms with E-state index in [4.69, 9.17) is 5.11 Å². The van der Waals surface area contributed by atoms with Crippen LogP contribution in [-0.4, -0.2) is 47.6 Å². The van der Waals surface area contributed by atoms with Gasteiger partial charge in [0.1, 0.15) is 6.54 Å². The molecule has 1 heterocycles. The van der Waals surface area contributed by atoms with Crippen LogP contribution >= 0.6 is 0 Å². The maximum Gasteiger partial charge on any atom is 0.323 e. The molecule has 1 fully saturated rings. The van der Waals surface area contributed by atoms with Gasteiger partial charge >= 0.3 is 5.97 Å². The Morgan fingerprint density at radius 2 is 2.27 bits per heavy atom. The minimum Gasteiger partial charge on any atom is -0.480 e. The van der Waals surface area contributed by atoms with Gasteiger partial charge in [-0.15, -0.1) is 0 Å². The number of carbonyl (C=O) groups excluding carboxylic acids is 1. The quantitative estimate of drug-likeness (QED) is 0.679. The Labute approximate surface area is 89.4 Å². The number of nitrogens with one attached hydrogen (secondary N) is 1. The highest BCUT2D eigenvalue weighted by Gasteiger charge is 2.27. The van der Waals surface area contributed by atoms with E-state index in [-0.39, 0.29) is 18.5 Å². The van der Waals surface area contributed by atoms with Crippen LogP contribution in [-0.2, 0) is 9.59 Å². The molecule has 1 aliphatic heterocycles. The molecule has 0 saturated carbocycles. The van der Waals surface area contributed by atoms with Gasteiger partial charge in [0.05, 0.1) is 6.04 Å². The Bertz CT molecular complexity index is 237. The van der Waals surface area contributed by atoms with Crippen LogP contribution in [0.1, 0.15) is 26.2 Å².